The molecule has 1 aromatic rings. The van der Waals surface area contributed by atoms with E-state index in [1.807, 2.05) is 13.8 Å². The number of ether oxygens (including phenoxy) is 1. The Kier molecular flexibility index (Phi) is 8.87. The van der Waals surface area contributed by atoms with Crippen LogP contribution in [0.2, 0.25) is 0 Å². The Morgan fingerprint density at radius 2 is 1.96 bits per heavy atom. The Labute approximate surface area is 159 Å². The monoisotopic (exact) mass is 433 g/mol. The van der Waals surface area contributed by atoms with Gasteiger partial charge < -0.3 is 15.2 Å². The average Bonchev–Trinajstić information content (AvgIpc) is 2.57. The fourth-order valence-electron chi connectivity index (χ4n) is 2.09. The molecule has 0 saturated heterocycles. The lowest BCUT2D eigenvalue weighted by molar-refractivity contribution is -0.138. The van der Waals surface area contributed by atoms with Crippen LogP contribution in [-0.2, 0) is 9.53 Å². The van der Waals surface area contributed by atoms with Gasteiger partial charge in [0.05, 0.1) is 16.6 Å². The van der Waals surface area contributed by atoms with Crippen molar-refractivity contribution in [2.45, 2.75) is 20.8 Å². The van der Waals surface area contributed by atoms with Crippen molar-refractivity contribution in [2.75, 3.05) is 19.8 Å². The molecule has 2 N–H and O–H groups in total. The number of halogens is 3. The molecule has 1 atom stereocenters. The standard InChI is InChI=1S/C18H22BrF2NO4/c1-4-26-18(25)13(8-22-7-11(9-23)10(2)3)17(24)12-5-14(19)16(21)6-15(12)20/h5-6,8,10-11,22-23H,4,7,9H2,1-3H3/b13-8-/t11-/m0/s1. The lowest BCUT2D eigenvalue weighted by Crippen LogP contribution is -2.27. The Hall–Kier alpha value is -1.80. The lowest BCUT2D eigenvalue weighted by Gasteiger charge is -2.18. The van der Waals surface area contributed by atoms with Gasteiger partial charge in [-0.15, -0.1) is 0 Å². The summed E-state index contributed by atoms with van der Waals surface area (Å²) in [5.41, 5.74) is -0.869. The van der Waals surface area contributed by atoms with Crippen molar-refractivity contribution >= 4 is 27.7 Å². The van der Waals surface area contributed by atoms with Crippen molar-refractivity contribution in [1.82, 2.24) is 5.32 Å². The molecule has 0 unspecified atom stereocenters. The fraction of sp³-hybridized carbons (Fsp3) is 0.444. The summed E-state index contributed by atoms with van der Waals surface area (Å²) in [6.45, 7) is 5.69. The molecular weight excluding hydrogens is 412 g/mol. The Morgan fingerprint density at radius 3 is 2.50 bits per heavy atom. The summed E-state index contributed by atoms with van der Waals surface area (Å²) in [4.78, 5) is 24.7. The van der Waals surface area contributed by atoms with Crippen molar-refractivity contribution in [3.8, 4) is 0 Å². The molecule has 0 fully saturated rings. The number of carbonyl (C=O) groups excluding carboxylic acids is 2. The van der Waals surface area contributed by atoms with Crippen LogP contribution in [0.1, 0.15) is 31.1 Å². The summed E-state index contributed by atoms with van der Waals surface area (Å²) >= 11 is 2.89. The molecule has 0 aliphatic heterocycles. The van der Waals surface area contributed by atoms with Crippen LogP contribution in [0.4, 0.5) is 8.78 Å². The van der Waals surface area contributed by atoms with E-state index in [9.17, 15) is 23.5 Å². The number of aliphatic hydroxyl groups excluding tert-OH is 1. The van der Waals surface area contributed by atoms with Gasteiger partial charge in [0.1, 0.15) is 17.2 Å². The quantitative estimate of drug-likeness (QED) is 0.156. The number of Topliss-reactive ketones (excluding diaryl/α,β-unsaturated/α-hetero) is 1. The molecule has 0 amide bonds. The first kappa shape index (κ1) is 22.2. The fourth-order valence-corrected chi connectivity index (χ4v) is 2.43. The minimum atomic E-state index is -1.08. The Bertz CT molecular complexity index is 692. The molecule has 26 heavy (non-hydrogen) atoms. The summed E-state index contributed by atoms with van der Waals surface area (Å²) in [7, 11) is 0. The molecule has 0 saturated carbocycles. The van der Waals surface area contributed by atoms with Crippen LogP contribution >= 0.6 is 15.9 Å². The van der Waals surface area contributed by atoms with Gasteiger partial charge in [-0.3, -0.25) is 4.79 Å². The number of aliphatic hydroxyl groups is 1. The summed E-state index contributed by atoms with van der Waals surface area (Å²) in [5, 5.41) is 12.1. The average molecular weight is 434 g/mol. The van der Waals surface area contributed by atoms with E-state index in [1.165, 1.54) is 0 Å². The second-order valence-electron chi connectivity index (χ2n) is 5.95. The molecule has 0 radical (unpaired) electrons. The highest BCUT2D eigenvalue weighted by Crippen LogP contribution is 2.22. The smallest absolute Gasteiger partial charge is 0.343 e. The van der Waals surface area contributed by atoms with Crippen LogP contribution in [0.25, 0.3) is 0 Å². The normalized spacial score (nSPS) is 12.8. The van der Waals surface area contributed by atoms with E-state index in [0.29, 0.717) is 12.6 Å². The molecule has 8 heteroatoms. The van der Waals surface area contributed by atoms with Crippen LogP contribution < -0.4 is 5.32 Å². The highest BCUT2D eigenvalue weighted by atomic mass is 79.9. The third kappa shape index (κ3) is 5.88. The highest BCUT2D eigenvalue weighted by Gasteiger charge is 2.25. The van der Waals surface area contributed by atoms with Crippen molar-refractivity contribution in [2.24, 2.45) is 11.8 Å². The van der Waals surface area contributed by atoms with E-state index in [0.717, 1.165) is 12.3 Å². The maximum atomic E-state index is 14.0. The highest BCUT2D eigenvalue weighted by molar-refractivity contribution is 9.10. The number of carbonyl (C=O) groups is 2. The molecule has 5 nitrogen and oxygen atoms in total. The Balaban J connectivity index is 3.13. The van der Waals surface area contributed by atoms with Crippen LogP contribution in [0.5, 0.6) is 0 Å². The third-order valence-corrected chi connectivity index (χ3v) is 4.41. The van der Waals surface area contributed by atoms with Gasteiger partial charge in [0, 0.05) is 31.3 Å². The lowest BCUT2D eigenvalue weighted by atomic mass is 9.97. The van der Waals surface area contributed by atoms with Gasteiger partial charge >= 0.3 is 5.97 Å². The zero-order valence-electron chi connectivity index (χ0n) is 14.8. The summed E-state index contributed by atoms with van der Waals surface area (Å²) in [6, 6.07) is 1.54. The van der Waals surface area contributed by atoms with Crippen molar-refractivity contribution in [3.63, 3.8) is 0 Å². The second-order valence-corrected chi connectivity index (χ2v) is 6.80. The third-order valence-electron chi connectivity index (χ3n) is 3.80. The number of ketones is 1. The largest absolute Gasteiger partial charge is 0.462 e. The molecule has 0 aliphatic carbocycles. The van der Waals surface area contributed by atoms with Crippen LogP contribution in [-0.4, -0.2) is 36.6 Å². The minimum Gasteiger partial charge on any atom is -0.462 e. The number of nitrogens with one attached hydrogen (secondary N) is 1. The van der Waals surface area contributed by atoms with E-state index in [4.69, 9.17) is 4.74 Å². The first-order chi connectivity index (χ1) is 12.2. The molecule has 144 valence electrons. The van der Waals surface area contributed by atoms with Crippen molar-refractivity contribution in [1.29, 1.82) is 0 Å². The maximum Gasteiger partial charge on any atom is 0.343 e. The van der Waals surface area contributed by atoms with E-state index in [-0.39, 0.29) is 29.5 Å². The summed E-state index contributed by atoms with van der Waals surface area (Å²) in [5.74, 6) is -3.72. The topological polar surface area (TPSA) is 75.6 Å². The van der Waals surface area contributed by atoms with E-state index in [2.05, 4.69) is 21.2 Å². The predicted molar refractivity (Wildman–Crippen MR) is 96.5 cm³/mol. The second kappa shape index (κ2) is 10.4. The Morgan fingerprint density at radius 1 is 1.31 bits per heavy atom. The summed E-state index contributed by atoms with van der Waals surface area (Å²) < 4.78 is 32.1. The number of hydrogen-bond acceptors (Lipinski definition) is 5. The van der Waals surface area contributed by atoms with Gasteiger partial charge in [-0.05, 0) is 34.8 Å². The van der Waals surface area contributed by atoms with Crippen LogP contribution in [0.3, 0.4) is 0 Å². The SMILES string of the molecule is CCOC(=O)/C(=C\NC[C@@H](CO)C(C)C)C(=O)c1cc(Br)c(F)cc1F. The molecule has 0 heterocycles. The van der Waals surface area contributed by atoms with Gasteiger partial charge in [-0.25, -0.2) is 13.6 Å². The molecule has 0 bridgehead atoms. The molecular formula is C18H22BrF2NO4. The minimum absolute atomic E-state index is 0.0321. The van der Waals surface area contributed by atoms with Gasteiger partial charge in [0.2, 0.25) is 5.78 Å². The van der Waals surface area contributed by atoms with E-state index in [1.54, 1.807) is 6.92 Å². The first-order valence-electron chi connectivity index (χ1n) is 8.13. The van der Waals surface area contributed by atoms with Gasteiger partial charge in [-0.1, -0.05) is 13.8 Å². The number of hydrogen-bond donors (Lipinski definition) is 2. The van der Waals surface area contributed by atoms with Gasteiger partial charge in [0.15, 0.2) is 0 Å². The van der Waals surface area contributed by atoms with Gasteiger partial charge in [-0.2, -0.15) is 0 Å². The zero-order chi connectivity index (χ0) is 19.9. The molecule has 0 aromatic heterocycles. The van der Waals surface area contributed by atoms with E-state index >= 15 is 0 Å². The summed E-state index contributed by atoms with van der Waals surface area (Å²) in [6.07, 6.45) is 1.14. The van der Waals surface area contributed by atoms with Crippen molar-refractivity contribution < 1.29 is 28.2 Å². The first-order valence-corrected chi connectivity index (χ1v) is 8.92. The van der Waals surface area contributed by atoms with Gasteiger partial charge in [0.25, 0.3) is 0 Å². The zero-order valence-corrected chi connectivity index (χ0v) is 16.4. The molecule has 1 rings (SSSR count). The molecule has 0 spiro atoms. The molecule has 1 aromatic carbocycles. The van der Waals surface area contributed by atoms with E-state index < -0.39 is 34.5 Å². The van der Waals surface area contributed by atoms with Crippen molar-refractivity contribution in [3.05, 3.63) is 45.6 Å². The number of esters is 1. The predicted octanol–water partition coefficient (Wildman–Crippen LogP) is 3.21. The van der Waals surface area contributed by atoms with Crippen LogP contribution in [0.15, 0.2) is 28.4 Å². The number of rotatable bonds is 9. The van der Waals surface area contributed by atoms with Crippen LogP contribution in [0, 0.1) is 23.5 Å². The maximum absolute atomic E-state index is 14.0. The molecule has 0 aliphatic rings. The number of benzene rings is 1.